The smallest absolute Gasteiger partial charge is 0.414 e. The summed E-state index contributed by atoms with van der Waals surface area (Å²) >= 11 is 0. The summed E-state index contributed by atoms with van der Waals surface area (Å²) in [4.78, 5) is 44.7. The van der Waals surface area contributed by atoms with Gasteiger partial charge in [0.15, 0.2) is 0 Å². The van der Waals surface area contributed by atoms with Crippen molar-refractivity contribution in [1.82, 2.24) is 15.3 Å². The van der Waals surface area contributed by atoms with Crippen LogP contribution in [0.5, 0.6) is 0 Å². The molecule has 1 atom stereocenters. The molecule has 1 aromatic carbocycles. The molecule has 0 saturated carbocycles. The van der Waals surface area contributed by atoms with Crippen molar-refractivity contribution in [3.8, 4) is 11.1 Å². The van der Waals surface area contributed by atoms with Gasteiger partial charge >= 0.3 is 12.1 Å². The first kappa shape index (κ1) is 22.8. The summed E-state index contributed by atoms with van der Waals surface area (Å²) in [5.41, 5.74) is 1.95. The second-order valence-electron chi connectivity index (χ2n) is 7.58. The van der Waals surface area contributed by atoms with E-state index in [9.17, 15) is 18.8 Å². The van der Waals surface area contributed by atoms with E-state index in [4.69, 9.17) is 9.47 Å². The lowest BCUT2D eigenvalue weighted by molar-refractivity contribution is -0.119. The number of hydrogen-bond acceptors (Lipinski definition) is 7. The standard InChI is InChI=1S/C24H21FN4O5/c1-15(30)27-12-19-13-29(24(32)34-19)18-3-4-20(21(25)10-18)17-2-5-22(28-11-17)23(31)33-14-16-6-8-26-9-7-16/h2-11,19H,12-14H2,1H3,(H,27,30). The summed E-state index contributed by atoms with van der Waals surface area (Å²) in [7, 11) is 0. The molecule has 0 radical (unpaired) electrons. The van der Waals surface area contributed by atoms with Crippen LogP contribution in [-0.2, 0) is 20.9 Å². The van der Waals surface area contributed by atoms with Crippen molar-refractivity contribution in [1.29, 1.82) is 0 Å². The molecule has 2 aromatic heterocycles. The summed E-state index contributed by atoms with van der Waals surface area (Å²) in [5, 5.41) is 2.59. The fraction of sp³-hybridized carbons (Fsp3) is 0.208. The van der Waals surface area contributed by atoms with Gasteiger partial charge in [0.25, 0.3) is 0 Å². The predicted octanol–water partition coefficient (Wildman–Crippen LogP) is 3.10. The van der Waals surface area contributed by atoms with Gasteiger partial charge in [-0.25, -0.2) is 19.0 Å². The van der Waals surface area contributed by atoms with Crippen molar-refractivity contribution in [3.63, 3.8) is 0 Å². The van der Waals surface area contributed by atoms with Crippen molar-refractivity contribution in [2.45, 2.75) is 19.6 Å². The molecule has 3 aromatic rings. The lowest BCUT2D eigenvalue weighted by Crippen LogP contribution is -2.33. The number of rotatable bonds is 7. The quantitative estimate of drug-likeness (QED) is 0.535. The second-order valence-corrected chi connectivity index (χ2v) is 7.58. The van der Waals surface area contributed by atoms with E-state index >= 15 is 0 Å². The molecule has 1 unspecified atom stereocenters. The highest BCUT2D eigenvalue weighted by Crippen LogP contribution is 2.29. The summed E-state index contributed by atoms with van der Waals surface area (Å²) in [6.07, 6.45) is 3.46. The SMILES string of the molecule is CC(=O)NCC1CN(c2ccc(-c3ccc(C(=O)OCc4ccncc4)nc3)c(F)c2)C(=O)O1. The van der Waals surface area contributed by atoms with Gasteiger partial charge < -0.3 is 14.8 Å². The zero-order chi connectivity index (χ0) is 24.1. The molecule has 2 amide bonds. The highest BCUT2D eigenvalue weighted by molar-refractivity contribution is 5.90. The van der Waals surface area contributed by atoms with Gasteiger partial charge in [0.2, 0.25) is 5.91 Å². The van der Waals surface area contributed by atoms with Crippen LogP contribution < -0.4 is 10.2 Å². The largest absolute Gasteiger partial charge is 0.456 e. The summed E-state index contributed by atoms with van der Waals surface area (Å²) in [6.45, 7) is 1.83. The van der Waals surface area contributed by atoms with E-state index in [1.54, 1.807) is 36.7 Å². The van der Waals surface area contributed by atoms with Gasteiger partial charge in [0.05, 0.1) is 18.8 Å². The highest BCUT2D eigenvalue weighted by Gasteiger charge is 2.32. The zero-order valence-electron chi connectivity index (χ0n) is 18.2. The average Bonchev–Trinajstić information content (AvgIpc) is 3.22. The Morgan fingerprint density at radius 2 is 2.00 bits per heavy atom. The number of benzene rings is 1. The van der Waals surface area contributed by atoms with E-state index < -0.39 is 24.0 Å². The Kier molecular flexibility index (Phi) is 6.77. The third-order valence-corrected chi connectivity index (χ3v) is 5.12. The van der Waals surface area contributed by atoms with E-state index in [2.05, 4.69) is 15.3 Å². The Labute approximate surface area is 194 Å². The highest BCUT2D eigenvalue weighted by atomic mass is 19.1. The molecule has 1 fully saturated rings. The number of esters is 1. The van der Waals surface area contributed by atoms with Crippen LogP contribution in [0.4, 0.5) is 14.9 Å². The van der Waals surface area contributed by atoms with Gasteiger partial charge in [-0.1, -0.05) is 6.07 Å². The van der Waals surface area contributed by atoms with Gasteiger partial charge in [-0.2, -0.15) is 0 Å². The minimum Gasteiger partial charge on any atom is -0.456 e. The molecule has 34 heavy (non-hydrogen) atoms. The fourth-order valence-corrected chi connectivity index (χ4v) is 3.38. The molecule has 174 valence electrons. The van der Waals surface area contributed by atoms with Crippen molar-refractivity contribution < 1.29 is 28.2 Å². The molecule has 0 aliphatic carbocycles. The molecule has 1 aliphatic rings. The Bertz CT molecular complexity index is 1200. The number of ether oxygens (including phenoxy) is 2. The van der Waals surface area contributed by atoms with Crippen LogP contribution in [0.3, 0.4) is 0 Å². The third kappa shape index (κ3) is 5.34. The molecule has 3 heterocycles. The Morgan fingerprint density at radius 1 is 1.21 bits per heavy atom. The van der Waals surface area contributed by atoms with Crippen LogP contribution >= 0.6 is 0 Å². The first-order valence-electron chi connectivity index (χ1n) is 10.5. The van der Waals surface area contributed by atoms with Crippen molar-refractivity contribution in [3.05, 3.63) is 78.1 Å². The Hall–Kier alpha value is -4.34. The van der Waals surface area contributed by atoms with Gasteiger partial charge in [-0.15, -0.1) is 0 Å². The van der Waals surface area contributed by atoms with Crippen molar-refractivity contribution in [2.24, 2.45) is 0 Å². The Morgan fingerprint density at radius 3 is 2.68 bits per heavy atom. The van der Waals surface area contributed by atoms with E-state index in [0.717, 1.165) is 5.56 Å². The fourth-order valence-electron chi connectivity index (χ4n) is 3.38. The number of nitrogens with one attached hydrogen (secondary N) is 1. The summed E-state index contributed by atoms with van der Waals surface area (Å²) < 4.78 is 25.3. The molecular formula is C24H21FN4O5. The van der Waals surface area contributed by atoms with Gasteiger partial charge in [0.1, 0.15) is 24.2 Å². The molecule has 4 rings (SSSR count). The topological polar surface area (TPSA) is 111 Å². The molecule has 1 aliphatic heterocycles. The maximum Gasteiger partial charge on any atom is 0.414 e. The first-order chi connectivity index (χ1) is 16.4. The minimum atomic E-state index is -0.612. The number of carbonyl (C=O) groups excluding carboxylic acids is 3. The summed E-state index contributed by atoms with van der Waals surface area (Å²) in [6, 6.07) is 10.9. The number of hydrogen-bond donors (Lipinski definition) is 1. The van der Waals surface area contributed by atoms with Crippen LogP contribution in [0.2, 0.25) is 0 Å². The van der Waals surface area contributed by atoms with E-state index in [1.165, 1.54) is 36.2 Å². The number of nitrogens with zero attached hydrogens (tertiary/aromatic N) is 3. The number of halogens is 1. The van der Waals surface area contributed by atoms with Crippen molar-refractivity contribution >= 4 is 23.7 Å². The molecule has 10 heteroatoms. The molecule has 0 bridgehead atoms. The number of cyclic esters (lactones) is 1. The number of anilines is 1. The molecule has 9 nitrogen and oxygen atoms in total. The number of pyridine rings is 2. The van der Waals surface area contributed by atoms with Gasteiger partial charge in [-0.3, -0.25) is 14.7 Å². The molecule has 1 N–H and O–H groups in total. The van der Waals surface area contributed by atoms with E-state index in [1.807, 2.05) is 0 Å². The maximum absolute atomic E-state index is 14.9. The second kappa shape index (κ2) is 10.1. The van der Waals surface area contributed by atoms with Crippen LogP contribution in [0.1, 0.15) is 23.0 Å². The maximum atomic E-state index is 14.9. The summed E-state index contributed by atoms with van der Waals surface area (Å²) in [5.74, 6) is -1.39. The van der Waals surface area contributed by atoms with Crippen molar-refractivity contribution in [2.75, 3.05) is 18.0 Å². The normalized spacial score (nSPS) is 15.1. The number of carbonyl (C=O) groups is 3. The van der Waals surface area contributed by atoms with Gasteiger partial charge in [0, 0.05) is 36.6 Å². The minimum absolute atomic E-state index is 0.0888. The number of aromatic nitrogens is 2. The zero-order valence-corrected chi connectivity index (χ0v) is 18.2. The number of amides is 2. The lowest BCUT2D eigenvalue weighted by Gasteiger charge is -2.14. The molecule has 1 saturated heterocycles. The lowest BCUT2D eigenvalue weighted by atomic mass is 10.1. The van der Waals surface area contributed by atoms with Crippen LogP contribution in [0, 0.1) is 5.82 Å². The first-order valence-corrected chi connectivity index (χ1v) is 10.5. The molecular weight excluding hydrogens is 443 g/mol. The molecule has 0 spiro atoms. The van der Waals surface area contributed by atoms with Crippen LogP contribution in [0.15, 0.2) is 61.1 Å². The van der Waals surface area contributed by atoms with E-state index in [0.29, 0.717) is 11.3 Å². The predicted molar refractivity (Wildman–Crippen MR) is 119 cm³/mol. The van der Waals surface area contributed by atoms with Crippen LogP contribution in [0.25, 0.3) is 11.1 Å². The average molecular weight is 464 g/mol. The van der Waals surface area contributed by atoms with Crippen LogP contribution in [-0.4, -0.2) is 47.1 Å². The van der Waals surface area contributed by atoms with Gasteiger partial charge in [-0.05, 0) is 42.0 Å². The third-order valence-electron chi connectivity index (χ3n) is 5.12. The van der Waals surface area contributed by atoms with E-state index in [-0.39, 0.29) is 36.9 Å². The Balaban J connectivity index is 1.41. The monoisotopic (exact) mass is 464 g/mol.